The van der Waals surface area contributed by atoms with E-state index >= 15 is 0 Å². The molecule has 230 valence electrons. The summed E-state index contributed by atoms with van der Waals surface area (Å²) in [6.45, 7) is 9.61. The Balaban J connectivity index is 1.79. The number of para-hydroxylation sites is 1. The number of fused-ring (bicyclic) bond motifs is 5. The second-order valence-corrected chi connectivity index (χ2v) is 13.1. The van der Waals surface area contributed by atoms with E-state index in [4.69, 9.17) is 40.6 Å². The molecule has 1 aliphatic carbocycles. The zero-order valence-corrected chi connectivity index (χ0v) is 25.2. The van der Waals surface area contributed by atoms with Crippen LogP contribution in [0.3, 0.4) is 0 Å². The molecule has 11 atom stereocenters. The van der Waals surface area contributed by atoms with Gasteiger partial charge in [-0.3, -0.25) is 4.79 Å². The standard InChI is InChI=1S/C29H36O12S/c1-13-20(32)38-18-17(31)26(6)27(16(14(2)30)25(3,4)5)19(39-24(42)37-15-11-9-8-10-12-15)21(33)40-23(27)41-29(26,22(34)36-7)28(13,18)35/h8-14,16-19,23,30-31,35H,1-7H3/t13-,14+,16+,17+,18?,19+,23?,26?,27?,28-,29?/m1/s1. The second-order valence-electron chi connectivity index (χ2n) is 12.8. The van der Waals surface area contributed by atoms with Crippen molar-refractivity contribution in [1.82, 2.24) is 0 Å². The molecule has 0 amide bonds. The summed E-state index contributed by atoms with van der Waals surface area (Å²) in [5, 5.41) is 35.4. The molecule has 0 radical (unpaired) electrons. The maximum absolute atomic E-state index is 14.0. The van der Waals surface area contributed by atoms with Crippen LogP contribution in [0.4, 0.5) is 0 Å². The van der Waals surface area contributed by atoms with Crippen molar-refractivity contribution in [2.45, 2.75) is 83.5 Å². The van der Waals surface area contributed by atoms with Gasteiger partial charge >= 0.3 is 23.1 Å². The highest BCUT2D eigenvalue weighted by atomic mass is 32.1. The minimum Gasteiger partial charge on any atom is -0.467 e. The first-order chi connectivity index (χ1) is 19.5. The fourth-order valence-electron chi connectivity index (χ4n) is 8.53. The first-order valence-electron chi connectivity index (χ1n) is 13.7. The van der Waals surface area contributed by atoms with Gasteiger partial charge in [0.1, 0.15) is 11.9 Å². The molecule has 0 spiro atoms. The lowest BCUT2D eigenvalue weighted by molar-refractivity contribution is -0.247. The lowest BCUT2D eigenvalue weighted by atomic mass is 9.46. The highest BCUT2D eigenvalue weighted by Gasteiger charge is 2.97. The summed E-state index contributed by atoms with van der Waals surface area (Å²) < 4.78 is 34.4. The van der Waals surface area contributed by atoms with Gasteiger partial charge < -0.3 is 43.7 Å². The summed E-state index contributed by atoms with van der Waals surface area (Å²) in [7, 11) is 1.06. The fraction of sp³-hybridized carbons (Fsp3) is 0.655. The number of thiocarbonyl (C=S) groups is 1. The highest BCUT2D eigenvalue weighted by Crippen LogP contribution is 2.78. The summed E-state index contributed by atoms with van der Waals surface area (Å²) in [5.41, 5.74) is -9.88. The molecule has 1 aromatic rings. The second kappa shape index (κ2) is 9.58. The highest BCUT2D eigenvalue weighted by molar-refractivity contribution is 7.79. The quantitative estimate of drug-likeness (QED) is 0.249. The SMILES string of the molecule is COC(=O)C12OC3OC(=O)[C@H](OC(=S)Oc4ccccc4)C3([C@@H]([C@H](C)O)C(C)(C)C)C1(C)[C@@H](O)C1OC(=O)[C@@H](C)[C@@]12O. The summed E-state index contributed by atoms with van der Waals surface area (Å²) in [5.74, 6) is -5.06. The molecule has 3 N–H and O–H groups in total. The molecule has 42 heavy (non-hydrogen) atoms. The van der Waals surface area contributed by atoms with Crippen molar-refractivity contribution in [3.05, 3.63) is 30.3 Å². The van der Waals surface area contributed by atoms with Crippen molar-refractivity contribution in [3.63, 3.8) is 0 Å². The van der Waals surface area contributed by atoms with Crippen LogP contribution < -0.4 is 4.74 Å². The average molecular weight is 609 g/mol. The van der Waals surface area contributed by atoms with E-state index in [9.17, 15) is 29.7 Å². The molecule has 5 rings (SSSR count). The summed E-state index contributed by atoms with van der Waals surface area (Å²) in [6, 6.07) is 8.40. The van der Waals surface area contributed by atoms with Crippen molar-refractivity contribution in [3.8, 4) is 5.75 Å². The number of aliphatic hydroxyl groups excluding tert-OH is 2. The van der Waals surface area contributed by atoms with E-state index in [0.717, 1.165) is 7.11 Å². The number of ether oxygens (including phenoxy) is 6. The number of esters is 3. The average Bonchev–Trinajstić information content (AvgIpc) is 3.44. The molecular weight excluding hydrogens is 572 g/mol. The van der Waals surface area contributed by atoms with Crippen LogP contribution in [0.15, 0.2) is 30.3 Å². The Hall–Kier alpha value is -2.84. The minimum absolute atomic E-state index is 0.311. The number of hydrogen-bond donors (Lipinski definition) is 3. The fourth-order valence-corrected chi connectivity index (χ4v) is 8.72. The van der Waals surface area contributed by atoms with Crippen LogP contribution in [0, 0.1) is 28.1 Å². The number of benzene rings is 1. The Labute approximate surface area is 248 Å². The zero-order chi connectivity index (χ0) is 31.2. The van der Waals surface area contributed by atoms with Crippen molar-refractivity contribution in [2.24, 2.45) is 28.1 Å². The third-order valence-electron chi connectivity index (χ3n) is 9.87. The van der Waals surface area contributed by atoms with Gasteiger partial charge in [0, 0.05) is 18.1 Å². The van der Waals surface area contributed by atoms with E-state index < -0.39 is 93.1 Å². The molecular formula is C29H36O12S. The number of aliphatic hydroxyl groups is 3. The van der Waals surface area contributed by atoms with Gasteiger partial charge in [-0.2, -0.15) is 0 Å². The molecule has 1 aromatic carbocycles. The molecule has 3 aliphatic heterocycles. The number of carbonyl (C=O) groups is 3. The summed E-state index contributed by atoms with van der Waals surface area (Å²) >= 11 is 5.38. The van der Waals surface area contributed by atoms with Crippen LogP contribution in [-0.2, 0) is 38.1 Å². The molecule has 0 aromatic heterocycles. The van der Waals surface area contributed by atoms with Crippen LogP contribution in [0.5, 0.6) is 5.75 Å². The van der Waals surface area contributed by atoms with Crippen LogP contribution in [0.25, 0.3) is 0 Å². The Morgan fingerprint density at radius 2 is 1.74 bits per heavy atom. The number of hydrogen-bond acceptors (Lipinski definition) is 13. The zero-order valence-electron chi connectivity index (χ0n) is 24.4. The van der Waals surface area contributed by atoms with E-state index in [2.05, 4.69) is 0 Å². The van der Waals surface area contributed by atoms with E-state index in [1.54, 1.807) is 51.1 Å². The van der Waals surface area contributed by atoms with Crippen molar-refractivity contribution >= 4 is 35.4 Å². The molecule has 1 saturated carbocycles. The molecule has 0 bridgehead atoms. The molecule has 4 fully saturated rings. The predicted molar refractivity (Wildman–Crippen MR) is 145 cm³/mol. The van der Waals surface area contributed by atoms with Crippen LogP contribution in [0.1, 0.15) is 41.5 Å². The maximum Gasteiger partial charge on any atom is 0.358 e. The molecule has 12 nitrogen and oxygen atoms in total. The number of carbonyl (C=O) groups excluding carboxylic acids is 3. The van der Waals surface area contributed by atoms with E-state index in [1.165, 1.54) is 20.8 Å². The van der Waals surface area contributed by atoms with Gasteiger partial charge in [0.15, 0.2) is 11.7 Å². The van der Waals surface area contributed by atoms with Crippen LogP contribution in [0.2, 0.25) is 0 Å². The van der Waals surface area contributed by atoms with Gasteiger partial charge in [-0.15, -0.1) is 0 Å². The van der Waals surface area contributed by atoms with E-state index in [0.29, 0.717) is 5.75 Å². The largest absolute Gasteiger partial charge is 0.467 e. The molecule has 13 heteroatoms. The van der Waals surface area contributed by atoms with Crippen molar-refractivity contribution in [2.75, 3.05) is 7.11 Å². The van der Waals surface area contributed by atoms with Gasteiger partial charge in [-0.05, 0) is 31.4 Å². The third-order valence-corrected chi connectivity index (χ3v) is 10.0. The van der Waals surface area contributed by atoms with Crippen molar-refractivity contribution < 1.29 is 58.1 Å². The summed E-state index contributed by atoms with van der Waals surface area (Å²) in [4.78, 5) is 40.4. The van der Waals surface area contributed by atoms with Gasteiger partial charge in [0.25, 0.3) is 0 Å². The van der Waals surface area contributed by atoms with Gasteiger partial charge in [-0.1, -0.05) is 45.9 Å². The first kappa shape index (κ1) is 30.6. The van der Waals surface area contributed by atoms with Crippen molar-refractivity contribution in [1.29, 1.82) is 0 Å². The van der Waals surface area contributed by atoms with E-state index in [1.807, 2.05) is 0 Å². The molecule has 3 heterocycles. The Morgan fingerprint density at radius 3 is 2.29 bits per heavy atom. The topological polar surface area (TPSA) is 167 Å². The van der Waals surface area contributed by atoms with Gasteiger partial charge in [0.05, 0.1) is 30.0 Å². The lowest BCUT2D eigenvalue weighted by Gasteiger charge is -2.55. The maximum atomic E-state index is 14.0. The molecule has 4 aliphatic rings. The monoisotopic (exact) mass is 608 g/mol. The van der Waals surface area contributed by atoms with Gasteiger partial charge in [-0.25, -0.2) is 9.59 Å². The Bertz CT molecular complexity index is 1310. The van der Waals surface area contributed by atoms with E-state index in [-0.39, 0.29) is 0 Å². The summed E-state index contributed by atoms with van der Waals surface area (Å²) in [6.07, 6.45) is -8.14. The first-order valence-corrected chi connectivity index (χ1v) is 14.1. The number of rotatable bonds is 5. The predicted octanol–water partition coefficient (Wildman–Crippen LogP) is 1.26. The van der Waals surface area contributed by atoms with Gasteiger partial charge in [0.2, 0.25) is 18.0 Å². The Kier molecular flexibility index (Phi) is 6.98. The normalized spacial score (nSPS) is 41.6. The minimum atomic E-state index is -2.53. The molecule has 5 unspecified atom stereocenters. The number of methoxy groups -OCH3 is 1. The third kappa shape index (κ3) is 3.42. The molecule has 3 saturated heterocycles. The van der Waals surface area contributed by atoms with Crippen LogP contribution >= 0.6 is 12.2 Å². The Morgan fingerprint density at radius 1 is 1.12 bits per heavy atom. The van der Waals surface area contributed by atoms with Crippen LogP contribution in [-0.4, -0.2) is 87.5 Å². The smallest absolute Gasteiger partial charge is 0.358 e. The lowest BCUT2D eigenvalue weighted by Crippen LogP contribution is -2.71.